The zero-order chi connectivity index (χ0) is 11.8. The van der Waals surface area contributed by atoms with Crippen molar-refractivity contribution in [3.63, 3.8) is 0 Å². The number of ether oxygens (including phenoxy) is 1. The molecule has 1 heterocycles. The quantitative estimate of drug-likeness (QED) is 0.769. The maximum Gasteiger partial charge on any atom is 0.237 e. The summed E-state index contributed by atoms with van der Waals surface area (Å²) in [7, 11) is 0. The zero-order valence-electron chi connectivity index (χ0n) is 9.87. The van der Waals surface area contributed by atoms with E-state index >= 15 is 0 Å². The van der Waals surface area contributed by atoms with Crippen molar-refractivity contribution >= 4 is 5.91 Å². The Morgan fingerprint density at radius 3 is 3.06 bits per heavy atom. The number of hydrogen-bond acceptors (Lipinski definition) is 3. The Morgan fingerprint density at radius 1 is 1.69 bits per heavy atom. The van der Waals surface area contributed by atoms with Gasteiger partial charge in [-0.1, -0.05) is 13.3 Å². The first-order valence-electron chi connectivity index (χ1n) is 6.03. The summed E-state index contributed by atoms with van der Waals surface area (Å²) in [5.41, 5.74) is 0. The fraction of sp³-hybridized carbons (Fsp3) is 0.833. The highest BCUT2D eigenvalue weighted by molar-refractivity contribution is 5.80. The topological polar surface area (TPSA) is 62.1 Å². The molecule has 0 aromatic carbocycles. The number of carbonyl (C=O) groups is 1. The van der Waals surface area contributed by atoms with Crippen molar-refractivity contribution in [2.45, 2.75) is 32.6 Å². The molecule has 0 saturated carbocycles. The van der Waals surface area contributed by atoms with E-state index in [2.05, 4.69) is 5.32 Å². The third-order valence-electron chi connectivity index (χ3n) is 2.87. The van der Waals surface area contributed by atoms with Crippen LogP contribution in [0.5, 0.6) is 0 Å². The van der Waals surface area contributed by atoms with Crippen LogP contribution in [0, 0.1) is 23.2 Å². The fourth-order valence-corrected chi connectivity index (χ4v) is 1.88. The molecule has 16 heavy (non-hydrogen) atoms. The molecule has 0 bridgehead atoms. The van der Waals surface area contributed by atoms with Crippen LogP contribution in [-0.2, 0) is 9.53 Å². The molecule has 1 rings (SSSR count). The molecule has 1 aliphatic heterocycles. The Kier molecular flexibility index (Phi) is 5.87. The highest BCUT2D eigenvalue weighted by atomic mass is 16.5. The number of hydrogen-bond donors (Lipinski definition) is 1. The average Bonchev–Trinajstić information content (AvgIpc) is 2.34. The molecule has 0 radical (unpaired) electrons. The van der Waals surface area contributed by atoms with Gasteiger partial charge in [0, 0.05) is 13.2 Å². The minimum absolute atomic E-state index is 0.130. The molecule has 1 amide bonds. The third kappa shape index (κ3) is 4.19. The van der Waals surface area contributed by atoms with Crippen LogP contribution in [0.25, 0.3) is 0 Å². The van der Waals surface area contributed by atoms with Gasteiger partial charge in [-0.25, -0.2) is 0 Å². The summed E-state index contributed by atoms with van der Waals surface area (Å²) in [5, 5.41) is 11.7. The van der Waals surface area contributed by atoms with Gasteiger partial charge in [-0.3, -0.25) is 4.79 Å². The van der Waals surface area contributed by atoms with Gasteiger partial charge in [-0.2, -0.15) is 5.26 Å². The lowest BCUT2D eigenvalue weighted by atomic mass is 10.0. The molecule has 2 unspecified atom stereocenters. The first-order chi connectivity index (χ1) is 7.77. The molecule has 1 saturated heterocycles. The summed E-state index contributed by atoms with van der Waals surface area (Å²) in [6.07, 6.45) is 3.67. The number of nitrogens with zero attached hydrogens (tertiary/aromatic N) is 1. The van der Waals surface area contributed by atoms with Gasteiger partial charge >= 0.3 is 0 Å². The van der Waals surface area contributed by atoms with Crippen molar-refractivity contribution < 1.29 is 9.53 Å². The maximum atomic E-state index is 11.6. The molecule has 1 aliphatic rings. The standard InChI is InChI=1S/C12H20N2O2/c1-2-4-11(7-13)12(15)14-8-10-5-3-6-16-9-10/h10-11H,2-6,8-9H2,1H3,(H,14,15). The van der Waals surface area contributed by atoms with Crippen molar-refractivity contribution in [2.24, 2.45) is 11.8 Å². The van der Waals surface area contributed by atoms with Gasteiger partial charge in [-0.05, 0) is 25.2 Å². The van der Waals surface area contributed by atoms with Crippen LogP contribution < -0.4 is 5.32 Å². The predicted octanol–water partition coefficient (Wildman–Crippen LogP) is 1.47. The van der Waals surface area contributed by atoms with Crippen molar-refractivity contribution in [2.75, 3.05) is 19.8 Å². The van der Waals surface area contributed by atoms with Crippen LogP contribution in [0.2, 0.25) is 0 Å². The summed E-state index contributed by atoms with van der Waals surface area (Å²) in [6.45, 7) is 4.18. The molecule has 1 N–H and O–H groups in total. The van der Waals surface area contributed by atoms with E-state index in [4.69, 9.17) is 10.00 Å². The van der Waals surface area contributed by atoms with E-state index in [1.807, 2.05) is 13.0 Å². The lowest BCUT2D eigenvalue weighted by Crippen LogP contribution is -2.36. The van der Waals surface area contributed by atoms with Crippen molar-refractivity contribution in [1.82, 2.24) is 5.32 Å². The lowest BCUT2D eigenvalue weighted by molar-refractivity contribution is -0.123. The highest BCUT2D eigenvalue weighted by Gasteiger charge is 2.19. The summed E-state index contributed by atoms with van der Waals surface area (Å²) in [6, 6.07) is 2.05. The van der Waals surface area contributed by atoms with E-state index in [9.17, 15) is 4.79 Å². The molecule has 1 fully saturated rings. The van der Waals surface area contributed by atoms with Gasteiger partial charge in [-0.15, -0.1) is 0 Å². The van der Waals surface area contributed by atoms with Crippen LogP contribution in [0.3, 0.4) is 0 Å². The van der Waals surface area contributed by atoms with E-state index in [1.54, 1.807) is 0 Å². The molecular weight excluding hydrogens is 204 g/mol. The van der Waals surface area contributed by atoms with E-state index < -0.39 is 5.92 Å². The Hall–Kier alpha value is -1.08. The summed E-state index contributed by atoms with van der Waals surface area (Å²) < 4.78 is 5.33. The van der Waals surface area contributed by atoms with Crippen LogP contribution in [-0.4, -0.2) is 25.7 Å². The minimum atomic E-state index is -0.491. The van der Waals surface area contributed by atoms with E-state index in [1.165, 1.54) is 0 Å². The molecule has 90 valence electrons. The Balaban J connectivity index is 2.25. The van der Waals surface area contributed by atoms with Gasteiger partial charge in [0.05, 0.1) is 12.7 Å². The maximum absolute atomic E-state index is 11.6. The summed E-state index contributed by atoms with van der Waals surface area (Å²) in [5.74, 6) is -0.205. The van der Waals surface area contributed by atoms with Gasteiger partial charge in [0.15, 0.2) is 0 Å². The molecule has 0 spiro atoms. The summed E-state index contributed by atoms with van der Waals surface area (Å²) in [4.78, 5) is 11.6. The SMILES string of the molecule is CCCC(C#N)C(=O)NCC1CCCOC1. The Bertz CT molecular complexity index is 254. The van der Waals surface area contributed by atoms with E-state index in [-0.39, 0.29) is 5.91 Å². The summed E-state index contributed by atoms with van der Waals surface area (Å²) >= 11 is 0. The first kappa shape index (κ1) is 13.0. The van der Waals surface area contributed by atoms with Crippen LogP contribution >= 0.6 is 0 Å². The highest BCUT2D eigenvalue weighted by Crippen LogP contribution is 2.12. The second kappa shape index (κ2) is 7.24. The van der Waals surface area contributed by atoms with Gasteiger partial charge < -0.3 is 10.1 Å². The van der Waals surface area contributed by atoms with Crippen LogP contribution in [0.15, 0.2) is 0 Å². The Morgan fingerprint density at radius 2 is 2.50 bits per heavy atom. The lowest BCUT2D eigenvalue weighted by Gasteiger charge is -2.22. The van der Waals surface area contributed by atoms with Crippen LogP contribution in [0.1, 0.15) is 32.6 Å². The molecule has 0 aromatic heterocycles. The number of rotatable bonds is 5. The minimum Gasteiger partial charge on any atom is -0.381 e. The first-order valence-corrected chi connectivity index (χ1v) is 6.03. The monoisotopic (exact) mass is 224 g/mol. The fourth-order valence-electron chi connectivity index (χ4n) is 1.88. The number of nitrogens with one attached hydrogen (secondary N) is 1. The molecular formula is C12H20N2O2. The number of carbonyl (C=O) groups excluding carboxylic acids is 1. The van der Waals surface area contributed by atoms with Crippen molar-refractivity contribution in [1.29, 1.82) is 5.26 Å². The van der Waals surface area contributed by atoms with E-state index in [0.717, 1.165) is 32.5 Å². The normalized spacial score (nSPS) is 22.1. The molecule has 0 aliphatic carbocycles. The second-order valence-corrected chi connectivity index (χ2v) is 4.30. The van der Waals surface area contributed by atoms with Crippen molar-refractivity contribution in [3.05, 3.63) is 0 Å². The Labute approximate surface area is 97.0 Å². The van der Waals surface area contributed by atoms with Gasteiger partial charge in [0.25, 0.3) is 0 Å². The van der Waals surface area contributed by atoms with Crippen molar-refractivity contribution in [3.8, 4) is 6.07 Å². The van der Waals surface area contributed by atoms with E-state index in [0.29, 0.717) is 18.9 Å². The number of amides is 1. The predicted molar refractivity (Wildman–Crippen MR) is 60.6 cm³/mol. The smallest absolute Gasteiger partial charge is 0.237 e. The number of nitriles is 1. The molecule has 4 heteroatoms. The van der Waals surface area contributed by atoms with Crippen LogP contribution in [0.4, 0.5) is 0 Å². The molecule has 4 nitrogen and oxygen atoms in total. The van der Waals surface area contributed by atoms with Gasteiger partial charge in [0.1, 0.15) is 5.92 Å². The molecule has 2 atom stereocenters. The average molecular weight is 224 g/mol. The third-order valence-corrected chi connectivity index (χ3v) is 2.87. The molecule has 0 aromatic rings. The van der Waals surface area contributed by atoms with Gasteiger partial charge in [0.2, 0.25) is 5.91 Å². The largest absolute Gasteiger partial charge is 0.381 e. The zero-order valence-corrected chi connectivity index (χ0v) is 9.87. The second-order valence-electron chi connectivity index (χ2n) is 4.30.